The Morgan fingerprint density at radius 3 is 2.79 bits per heavy atom. The second kappa shape index (κ2) is 11.8. The maximum absolute atomic E-state index is 13.1. The molecule has 1 saturated heterocycles. The van der Waals surface area contributed by atoms with E-state index < -0.39 is 0 Å². The molecule has 0 radical (unpaired) electrons. The normalized spacial score (nSPS) is 18.5. The van der Waals surface area contributed by atoms with Crippen molar-refractivity contribution in [1.82, 2.24) is 9.88 Å². The van der Waals surface area contributed by atoms with E-state index in [1.165, 1.54) is 30.6 Å². The number of aryl methyl sites for hydroxylation is 1. The van der Waals surface area contributed by atoms with Gasteiger partial charge < -0.3 is 10.2 Å². The number of carbonyl (C=O) groups is 2. The van der Waals surface area contributed by atoms with Gasteiger partial charge in [0.15, 0.2) is 5.13 Å². The maximum Gasteiger partial charge on any atom is 0.322 e. The van der Waals surface area contributed by atoms with Gasteiger partial charge in [0, 0.05) is 22.7 Å². The standard InChI is InChI=1S/C30H33N5O2S/c1-2-3-6-20-12-15-25-27(17-20)38-29(33-25)34-28(36)23-8-4-7-22(18-23)26-9-5-16-35(26)30(37)32-24-13-10-21(19-31)11-14-24/h4,7-8,10-11,13-14,18,20,26H,2-3,5-6,9,12,15-17H2,1H3,(H,32,37)(H,33,34,36)/t20-,26+/m0/s1. The molecule has 0 bridgehead atoms. The van der Waals surface area contributed by atoms with Gasteiger partial charge in [0.2, 0.25) is 0 Å². The van der Waals surface area contributed by atoms with E-state index in [0.717, 1.165) is 42.9 Å². The number of rotatable bonds is 7. The molecule has 1 aliphatic carbocycles. The Morgan fingerprint density at radius 2 is 2.00 bits per heavy atom. The average molecular weight is 528 g/mol. The Morgan fingerprint density at radius 1 is 1.16 bits per heavy atom. The van der Waals surface area contributed by atoms with Crippen LogP contribution >= 0.6 is 11.3 Å². The zero-order valence-corrected chi connectivity index (χ0v) is 22.5. The predicted octanol–water partition coefficient (Wildman–Crippen LogP) is 6.93. The fraction of sp³-hybridized carbons (Fsp3) is 0.400. The summed E-state index contributed by atoms with van der Waals surface area (Å²) in [6, 6.07) is 16.2. The molecule has 3 amide bonds. The van der Waals surface area contributed by atoms with Gasteiger partial charge in [-0.25, -0.2) is 9.78 Å². The van der Waals surface area contributed by atoms with Crippen LogP contribution in [0.25, 0.3) is 0 Å². The number of benzene rings is 2. The molecule has 1 fully saturated rings. The molecule has 1 aromatic heterocycles. The number of likely N-dealkylation sites (tertiary alicyclic amines) is 1. The van der Waals surface area contributed by atoms with Crippen molar-refractivity contribution in [3.8, 4) is 6.07 Å². The fourth-order valence-corrected chi connectivity index (χ4v) is 6.59. The van der Waals surface area contributed by atoms with Crippen LogP contribution in [0.1, 0.15) is 83.5 Å². The first-order valence-electron chi connectivity index (χ1n) is 13.5. The summed E-state index contributed by atoms with van der Waals surface area (Å²) in [6.07, 6.45) is 8.75. The van der Waals surface area contributed by atoms with Crippen LogP contribution < -0.4 is 10.6 Å². The monoisotopic (exact) mass is 527 g/mol. The summed E-state index contributed by atoms with van der Waals surface area (Å²) in [4.78, 5) is 34.1. The number of unbranched alkanes of at least 4 members (excludes halogenated alkanes) is 1. The zero-order chi connectivity index (χ0) is 26.5. The van der Waals surface area contributed by atoms with Gasteiger partial charge >= 0.3 is 6.03 Å². The SMILES string of the molecule is CCCC[C@H]1CCc2nc(NC(=O)c3cccc([C@H]4CCCN4C(=O)Nc4ccc(C#N)cc4)c3)sc2C1. The van der Waals surface area contributed by atoms with E-state index in [4.69, 9.17) is 10.2 Å². The Bertz CT molecular complexity index is 1340. The number of carbonyl (C=O) groups excluding carboxylic acids is 2. The van der Waals surface area contributed by atoms with Crippen LogP contribution in [0.3, 0.4) is 0 Å². The molecule has 2 aliphatic rings. The predicted molar refractivity (Wildman–Crippen MR) is 150 cm³/mol. The molecule has 2 N–H and O–H groups in total. The average Bonchev–Trinajstić information content (AvgIpc) is 3.59. The number of nitrogens with one attached hydrogen (secondary N) is 2. The zero-order valence-electron chi connectivity index (χ0n) is 21.7. The molecule has 0 saturated carbocycles. The maximum atomic E-state index is 13.1. The van der Waals surface area contributed by atoms with Gasteiger partial charge in [0.05, 0.1) is 23.4 Å². The van der Waals surface area contributed by atoms with E-state index in [0.29, 0.717) is 28.5 Å². The number of hydrogen-bond donors (Lipinski definition) is 2. The van der Waals surface area contributed by atoms with Crippen molar-refractivity contribution in [2.45, 2.75) is 64.3 Å². The fourth-order valence-electron chi connectivity index (χ4n) is 5.47. The molecule has 2 aromatic carbocycles. The van der Waals surface area contributed by atoms with Crippen molar-refractivity contribution in [2.24, 2.45) is 5.92 Å². The minimum absolute atomic E-state index is 0.103. The Labute approximate surface area is 227 Å². The molecule has 196 valence electrons. The molecule has 38 heavy (non-hydrogen) atoms. The molecular weight excluding hydrogens is 494 g/mol. The number of nitriles is 1. The van der Waals surface area contributed by atoms with Gasteiger partial charge in [-0.2, -0.15) is 5.26 Å². The van der Waals surface area contributed by atoms with E-state index in [1.807, 2.05) is 29.2 Å². The first-order valence-corrected chi connectivity index (χ1v) is 14.3. The number of urea groups is 1. The third-order valence-corrected chi connectivity index (χ3v) is 8.58. The van der Waals surface area contributed by atoms with E-state index in [1.54, 1.807) is 35.6 Å². The molecule has 8 heteroatoms. The number of anilines is 2. The van der Waals surface area contributed by atoms with Crippen LogP contribution in [0.5, 0.6) is 0 Å². The van der Waals surface area contributed by atoms with Crippen molar-refractivity contribution < 1.29 is 9.59 Å². The first kappa shape index (κ1) is 25.9. The molecule has 3 aromatic rings. The van der Waals surface area contributed by atoms with Crippen LogP contribution in [0.15, 0.2) is 48.5 Å². The lowest BCUT2D eigenvalue weighted by Gasteiger charge is -2.25. The van der Waals surface area contributed by atoms with Crippen molar-refractivity contribution >= 4 is 34.1 Å². The Kier molecular flexibility index (Phi) is 8.04. The molecule has 5 rings (SSSR count). The number of fused-ring (bicyclic) bond motifs is 1. The molecule has 0 unspecified atom stereocenters. The minimum atomic E-state index is -0.183. The van der Waals surface area contributed by atoms with Crippen LogP contribution in [0.4, 0.5) is 15.6 Å². The lowest BCUT2D eigenvalue weighted by Crippen LogP contribution is -2.34. The Hall–Kier alpha value is -3.70. The summed E-state index contributed by atoms with van der Waals surface area (Å²) in [5.41, 5.74) is 3.85. The van der Waals surface area contributed by atoms with Gasteiger partial charge in [-0.15, -0.1) is 11.3 Å². The number of nitrogens with zero attached hydrogens (tertiary/aromatic N) is 3. The largest absolute Gasteiger partial charge is 0.322 e. The second-order valence-electron chi connectivity index (χ2n) is 10.2. The van der Waals surface area contributed by atoms with Crippen molar-refractivity contribution in [2.75, 3.05) is 17.2 Å². The summed E-state index contributed by atoms with van der Waals surface area (Å²) in [5, 5.41) is 15.6. The lowest BCUT2D eigenvalue weighted by atomic mass is 9.87. The quantitative estimate of drug-likeness (QED) is 0.348. The van der Waals surface area contributed by atoms with Gasteiger partial charge in [-0.1, -0.05) is 38.3 Å². The van der Waals surface area contributed by atoms with E-state index in [9.17, 15) is 9.59 Å². The van der Waals surface area contributed by atoms with Gasteiger partial charge in [-0.3, -0.25) is 10.1 Å². The molecule has 7 nitrogen and oxygen atoms in total. The summed E-state index contributed by atoms with van der Waals surface area (Å²) < 4.78 is 0. The third-order valence-electron chi connectivity index (χ3n) is 7.54. The summed E-state index contributed by atoms with van der Waals surface area (Å²) in [5.74, 6) is 0.554. The molecule has 1 aliphatic heterocycles. The van der Waals surface area contributed by atoms with Crippen molar-refractivity contribution in [1.29, 1.82) is 5.26 Å². The molecular formula is C30H33N5O2S. The number of aromatic nitrogens is 1. The summed E-state index contributed by atoms with van der Waals surface area (Å²) in [6.45, 7) is 2.88. The highest BCUT2D eigenvalue weighted by atomic mass is 32.1. The number of thiazole rings is 1. The van der Waals surface area contributed by atoms with Crippen LogP contribution in [-0.4, -0.2) is 28.4 Å². The lowest BCUT2D eigenvalue weighted by molar-refractivity contribution is 0.102. The van der Waals surface area contributed by atoms with Crippen molar-refractivity contribution in [3.05, 3.63) is 75.8 Å². The van der Waals surface area contributed by atoms with Crippen LogP contribution in [0.2, 0.25) is 0 Å². The Balaban J connectivity index is 1.24. The van der Waals surface area contributed by atoms with Gasteiger partial charge in [0.25, 0.3) is 5.91 Å². The summed E-state index contributed by atoms with van der Waals surface area (Å²) >= 11 is 1.61. The highest BCUT2D eigenvalue weighted by Gasteiger charge is 2.30. The molecule has 0 spiro atoms. The minimum Gasteiger partial charge on any atom is -0.317 e. The summed E-state index contributed by atoms with van der Waals surface area (Å²) in [7, 11) is 0. The van der Waals surface area contributed by atoms with E-state index >= 15 is 0 Å². The second-order valence-corrected chi connectivity index (χ2v) is 11.3. The molecule has 2 atom stereocenters. The topological polar surface area (TPSA) is 98.1 Å². The van der Waals surface area contributed by atoms with Crippen LogP contribution in [0, 0.1) is 17.2 Å². The van der Waals surface area contributed by atoms with Gasteiger partial charge in [0.1, 0.15) is 0 Å². The smallest absolute Gasteiger partial charge is 0.317 e. The first-order chi connectivity index (χ1) is 18.5. The third kappa shape index (κ3) is 5.89. The van der Waals surface area contributed by atoms with Crippen molar-refractivity contribution in [3.63, 3.8) is 0 Å². The van der Waals surface area contributed by atoms with Gasteiger partial charge in [-0.05, 0) is 80.0 Å². The van der Waals surface area contributed by atoms with E-state index in [2.05, 4.69) is 23.6 Å². The number of hydrogen-bond acceptors (Lipinski definition) is 5. The van der Waals surface area contributed by atoms with E-state index in [-0.39, 0.29) is 18.0 Å². The molecule has 2 heterocycles. The van der Waals surface area contributed by atoms with Crippen LogP contribution in [-0.2, 0) is 12.8 Å². The number of amides is 3. The highest BCUT2D eigenvalue weighted by molar-refractivity contribution is 7.15. The highest BCUT2D eigenvalue weighted by Crippen LogP contribution is 2.35.